The summed E-state index contributed by atoms with van der Waals surface area (Å²) in [7, 11) is -3.73. The molecule has 0 amide bonds. The highest BCUT2D eigenvalue weighted by Gasteiger charge is 2.21. The minimum absolute atomic E-state index is 0.00986. The highest BCUT2D eigenvalue weighted by atomic mass is 79.9. The first-order chi connectivity index (χ1) is 8.92. The van der Waals surface area contributed by atoms with E-state index in [0.29, 0.717) is 12.2 Å². The van der Waals surface area contributed by atoms with Crippen LogP contribution in [0.5, 0.6) is 0 Å². The number of aromatic nitrogens is 2. The van der Waals surface area contributed by atoms with E-state index in [-0.39, 0.29) is 10.7 Å². The minimum Gasteiger partial charge on any atom is -0.381 e. The van der Waals surface area contributed by atoms with Crippen molar-refractivity contribution in [1.82, 2.24) is 9.78 Å². The fraction of sp³-hybridized carbons (Fsp3) is 0.182. The van der Waals surface area contributed by atoms with E-state index in [1.165, 1.54) is 10.9 Å². The van der Waals surface area contributed by atoms with Gasteiger partial charge in [0.2, 0.25) is 0 Å². The Kier molecular flexibility index (Phi) is 3.81. The van der Waals surface area contributed by atoms with Gasteiger partial charge in [-0.15, -0.1) is 0 Å². The van der Waals surface area contributed by atoms with Gasteiger partial charge in [0.1, 0.15) is 4.90 Å². The lowest BCUT2D eigenvalue weighted by atomic mass is 10.3. The summed E-state index contributed by atoms with van der Waals surface area (Å²) in [6.45, 7) is 2.40. The van der Waals surface area contributed by atoms with Crippen LogP contribution < -0.4 is 10.5 Å². The highest BCUT2D eigenvalue weighted by molar-refractivity contribution is 9.10. The van der Waals surface area contributed by atoms with Crippen molar-refractivity contribution >= 4 is 37.5 Å². The molecule has 1 heterocycles. The number of nitrogens with zero attached hydrogens (tertiary/aromatic N) is 2. The molecule has 102 valence electrons. The number of aryl methyl sites for hydroxylation is 1. The van der Waals surface area contributed by atoms with Crippen LogP contribution in [-0.2, 0) is 16.6 Å². The van der Waals surface area contributed by atoms with Crippen LogP contribution in [0.25, 0.3) is 0 Å². The van der Waals surface area contributed by atoms with Crippen LogP contribution in [-0.4, -0.2) is 18.2 Å². The lowest BCUT2D eigenvalue weighted by Crippen LogP contribution is -2.13. The average molecular weight is 345 g/mol. The lowest BCUT2D eigenvalue weighted by Gasteiger charge is -2.06. The topological polar surface area (TPSA) is 90.0 Å². The van der Waals surface area contributed by atoms with Crippen molar-refractivity contribution in [2.75, 3.05) is 10.5 Å². The van der Waals surface area contributed by atoms with Gasteiger partial charge in [-0.25, -0.2) is 8.42 Å². The minimum atomic E-state index is -3.73. The van der Waals surface area contributed by atoms with Gasteiger partial charge in [0.15, 0.2) is 5.82 Å². The molecule has 8 heteroatoms. The molecular formula is C11H13BrN4O2S. The van der Waals surface area contributed by atoms with E-state index in [9.17, 15) is 8.42 Å². The maximum absolute atomic E-state index is 12.2. The third kappa shape index (κ3) is 3.07. The standard InChI is InChI=1S/C11H13BrN4O2S/c1-2-16-7-10(11(13)14-16)19(17,18)15-9-5-3-4-8(12)6-9/h3-7,15H,2H2,1H3,(H2,13,14). The van der Waals surface area contributed by atoms with Crippen LogP contribution in [0, 0.1) is 0 Å². The predicted octanol–water partition coefficient (Wildman–Crippen LogP) is 2.05. The Morgan fingerprint density at radius 2 is 2.21 bits per heavy atom. The molecule has 0 aliphatic carbocycles. The third-order valence-electron chi connectivity index (χ3n) is 2.45. The summed E-state index contributed by atoms with van der Waals surface area (Å²) in [4.78, 5) is -0.0191. The summed E-state index contributed by atoms with van der Waals surface area (Å²) < 4.78 is 29.1. The van der Waals surface area contributed by atoms with Gasteiger partial charge in [0.25, 0.3) is 10.0 Å². The molecule has 0 spiro atoms. The fourth-order valence-corrected chi connectivity index (χ4v) is 3.07. The number of benzene rings is 1. The molecule has 0 saturated heterocycles. The predicted molar refractivity (Wildman–Crippen MR) is 77.3 cm³/mol. The molecule has 0 aliphatic rings. The molecule has 0 aliphatic heterocycles. The summed E-state index contributed by atoms with van der Waals surface area (Å²) in [5, 5.41) is 3.92. The fourth-order valence-electron chi connectivity index (χ4n) is 1.55. The van der Waals surface area contributed by atoms with Gasteiger partial charge in [-0.05, 0) is 25.1 Å². The van der Waals surface area contributed by atoms with Crippen LogP contribution in [0.4, 0.5) is 11.5 Å². The zero-order chi connectivity index (χ0) is 14.0. The summed E-state index contributed by atoms with van der Waals surface area (Å²) in [5.41, 5.74) is 6.08. The van der Waals surface area contributed by atoms with Gasteiger partial charge in [0.05, 0.1) is 0 Å². The molecule has 3 N–H and O–H groups in total. The number of nitrogens with two attached hydrogens (primary N) is 1. The SMILES string of the molecule is CCn1cc(S(=O)(=O)Nc2cccc(Br)c2)c(N)n1. The Balaban J connectivity index is 2.34. The number of rotatable bonds is 4. The van der Waals surface area contributed by atoms with Gasteiger partial charge in [-0.1, -0.05) is 22.0 Å². The van der Waals surface area contributed by atoms with E-state index in [1.807, 2.05) is 6.92 Å². The van der Waals surface area contributed by atoms with Crippen molar-refractivity contribution in [3.05, 3.63) is 34.9 Å². The van der Waals surface area contributed by atoms with Gasteiger partial charge in [0, 0.05) is 22.9 Å². The molecule has 2 aromatic rings. The van der Waals surface area contributed by atoms with Crippen LogP contribution >= 0.6 is 15.9 Å². The molecule has 0 radical (unpaired) electrons. The number of hydrogen-bond donors (Lipinski definition) is 2. The molecular weight excluding hydrogens is 332 g/mol. The van der Waals surface area contributed by atoms with Crippen LogP contribution in [0.3, 0.4) is 0 Å². The zero-order valence-corrected chi connectivity index (χ0v) is 12.6. The van der Waals surface area contributed by atoms with E-state index in [0.717, 1.165) is 4.47 Å². The molecule has 0 atom stereocenters. The van der Waals surface area contributed by atoms with Crippen molar-refractivity contribution in [3.8, 4) is 0 Å². The number of hydrogen-bond acceptors (Lipinski definition) is 4. The van der Waals surface area contributed by atoms with Crippen molar-refractivity contribution in [1.29, 1.82) is 0 Å². The summed E-state index contributed by atoms with van der Waals surface area (Å²) in [5.74, 6) is -0.00986. The Bertz CT molecular complexity index is 696. The van der Waals surface area contributed by atoms with E-state index in [4.69, 9.17) is 5.73 Å². The molecule has 1 aromatic carbocycles. The Morgan fingerprint density at radius 3 is 2.79 bits per heavy atom. The normalized spacial score (nSPS) is 11.5. The Hall–Kier alpha value is -1.54. The summed E-state index contributed by atoms with van der Waals surface area (Å²) in [6.07, 6.45) is 1.41. The second-order valence-electron chi connectivity index (χ2n) is 3.85. The zero-order valence-electron chi connectivity index (χ0n) is 10.2. The van der Waals surface area contributed by atoms with E-state index >= 15 is 0 Å². The molecule has 0 bridgehead atoms. The average Bonchev–Trinajstić information content (AvgIpc) is 2.71. The van der Waals surface area contributed by atoms with Crippen LogP contribution in [0.1, 0.15) is 6.92 Å². The number of halogens is 1. The molecule has 19 heavy (non-hydrogen) atoms. The molecule has 1 aromatic heterocycles. The number of nitrogen functional groups attached to an aromatic ring is 1. The van der Waals surface area contributed by atoms with Gasteiger partial charge >= 0.3 is 0 Å². The molecule has 0 unspecified atom stereocenters. The summed E-state index contributed by atoms with van der Waals surface area (Å²) in [6, 6.07) is 6.86. The van der Waals surface area contributed by atoms with Gasteiger partial charge in [-0.2, -0.15) is 5.10 Å². The molecule has 2 rings (SSSR count). The Labute approximate surface area is 119 Å². The summed E-state index contributed by atoms with van der Waals surface area (Å²) >= 11 is 3.28. The van der Waals surface area contributed by atoms with Crippen molar-refractivity contribution in [3.63, 3.8) is 0 Å². The number of anilines is 2. The van der Waals surface area contributed by atoms with Crippen LogP contribution in [0.15, 0.2) is 39.8 Å². The maximum atomic E-state index is 12.2. The van der Waals surface area contributed by atoms with E-state index in [1.54, 1.807) is 24.3 Å². The number of nitrogens with one attached hydrogen (secondary N) is 1. The van der Waals surface area contributed by atoms with Gasteiger partial charge in [-0.3, -0.25) is 9.40 Å². The first-order valence-corrected chi connectivity index (χ1v) is 7.81. The second-order valence-corrected chi connectivity index (χ2v) is 6.42. The molecule has 0 fully saturated rings. The molecule has 0 saturated carbocycles. The monoisotopic (exact) mass is 344 g/mol. The lowest BCUT2D eigenvalue weighted by molar-refractivity contribution is 0.600. The highest BCUT2D eigenvalue weighted by Crippen LogP contribution is 2.22. The molecule has 6 nitrogen and oxygen atoms in total. The maximum Gasteiger partial charge on any atom is 0.267 e. The van der Waals surface area contributed by atoms with E-state index in [2.05, 4.69) is 25.8 Å². The van der Waals surface area contributed by atoms with Crippen molar-refractivity contribution in [2.45, 2.75) is 18.4 Å². The van der Waals surface area contributed by atoms with Crippen molar-refractivity contribution in [2.24, 2.45) is 0 Å². The van der Waals surface area contributed by atoms with Gasteiger partial charge < -0.3 is 5.73 Å². The Morgan fingerprint density at radius 1 is 1.47 bits per heavy atom. The smallest absolute Gasteiger partial charge is 0.267 e. The number of sulfonamides is 1. The van der Waals surface area contributed by atoms with Crippen LogP contribution in [0.2, 0.25) is 0 Å². The largest absolute Gasteiger partial charge is 0.381 e. The second kappa shape index (κ2) is 5.22. The first-order valence-electron chi connectivity index (χ1n) is 5.53. The van der Waals surface area contributed by atoms with E-state index < -0.39 is 10.0 Å². The third-order valence-corrected chi connectivity index (χ3v) is 4.34. The first kappa shape index (κ1) is 13.9. The quantitative estimate of drug-likeness (QED) is 0.887. The van der Waals surface area contributed by atoms with Crippen molar-refractivity contribution < 1.29 is 8.42 Å².